The van der Waals surface area contributed by atoms with Crippen molar-refractivity contribution in [1.82, 2.24) is 4.31 Å². The fourth-order valence-corrected chi connectivity index (χ4v) is 6.10. The van der Waals surface area contributed by atoms with Gasteiger partial charge in [0, 0.05) is 12.2 Å². The van der Waals surface area contributed by atoms with Crippen LogP contribution in [0.5, 0.6) is 0 Å². The molecule has 0 fully saturated rings. The van der Waals surface area contributed by atoms with E-state index in [0.717, 1.165) is 27.6 Å². The number of aryl methyl sites for hydroxylation is 3. The Balaban J connectivity index is 1.91. The first-order valence-electron chi connectivity index (χ1n) is 11.1. The highest BCUT2D eigenvalue weighted by molar-refractivity contribution is 7.89. The Morgan fingerprint density at radius 1 is 0.972 bits per heavy atom. The predicted molar refractivity (Wildman–Crippen MR) is 135 cm³/mol. The van der Waals surface area contributed by atoms with Gasteiger partial charge in [-0.05, 0) is 62.1 Å². The molecular formula is C26H26ClF3N2O3S. The van der Waals surface area contributed by atoms with E-state index in [9.17, 15) is 26.4 Å². The SMILES string of the molecule is Cc1cc(C)c(S(=O)(=O)N(CCc2ccccc2)CC(=O)Nc2ccc(Cl)c(C(F)(F)F)c2)c(C)c1. The van der Waals surface area contributed by atoms with Crippen LogP contribution in [0.15, 0.2) is 65.6 Å². The van der Waals surface area contributed by atoms with Crippen molar-refractivity contribution in [2.75, 3.05) is 18.4 Å². The third-order valence-corrected chi connectivity index (χ3v) is 8.05. The fourth-order valence-electron chi connectivity index (χ4n) is 4.07. The first kappa shape index (κ1) is 27.7. The third kappa shape index (κ3) is 6.66. The Morgan fingerprint density at radius 3 is 2.17 bits per heavy atom. The van der Waals surface area contributed by atoms with Gasteiger partial charge in [-0.1, -0.05) is 59.6 Å². The Kier molecular flexibility index (Phi) is 8.48. The molecule has 3 aromatic carbocycles. The average molecular weight is 539 g/mol. The van der Waals surface area contributed by atoms with Crippen LogP contribution in [0.1, 0.15) is 27.8 Å². The van der Waals surface area contributed by atoms with E-state index in [1.165, 1.54) is 6.07 Å². The molecule has 0 bridgehead atoms. The van der Waals surface area contributed by atoms with Crippen molar-refractivity contribution < 1.29 is 26.4 Å². The lowest BCUT2D eigenvalue weighted by molar-refractivity contribution is -0.137. The van der Waals surface area contributed by atoms with Crippen LogP contribution in [0.4, 0.5) is 18.9 Å². The molecule has 36 heavy (non-hydrogen) atoms. The monoisotopic (exact) mass is 538 g/mol. The second-order valence-corrected chi connectivity index (χ2v) is 10.8. The second kappa shape index (κ2) is 11.0. The van der Waals surface area contributed by atoms with E-state index in [-0.39, 0.29) is 17.1 Å². The van der Waals surface area contributed by atoms with E-state index in [4.69, 9.17) is 11.6 Å². The van der Waals surface area contributed by atoms with Gasteiger partial charge in [-0.2, -0.15) is 17.5 Å². The molecule has 0 saturated carbocycles. The molecule has 0 aliphatic carbocycles. The zero-order chi connectivity index (χ0) is 26.7. The van der Waals surface area contributed by atoms with Crippen LogP contribution in [0, 0.1) is 20.8 Å². The smallest absolute Gasteiger partial charge is 0.325 e. The van der Waals surface area contributed by atoms with Crippen LogP contribution in [0.25, 0.3) is 0 Å². The van der Waals surface area contributed by atoms with E-state index < -0.39 is 39.2 Å². The Bertz CT molecular complexity index is 1340. The molecule has 0 aromatic heterocycles. The maximum Gasteiger partial charge on any atom is 0.417 e. The summed E-state index contributed by atoms with van der Waals surface area (Å²) in [5.41, 5.74) is 1.64. The number of carbonyl (C=O) groups excluding carboxylic acids is 1. The van der Waals surface area contributed by atoms with Crippen LogP contribution < -0.4 is 5.32 Å². The summed E-state index contributed by atoms with van der Waals surface area (Å²) < 4.78 is 68.1. The quantitative estimate of drug-likeness (QED) is 0.374. The van der Waals surface area contributed by atoms with Crippen molar-refractivity contribution >= 4 is 33.2 Å². The number of nitrogens with one attached hydrogen (secondary N) is 1. The number of benzene rings is 3. The molecule has 0 unspecified atom stereocenters. The van der Waals surface area contributed by atoms with Crippen LogP contribution in [-0.4, -0.2) is 31.7 Å². The number of hydrogen-bond acceptors (Lipinski definition) is 3. The molecule has 3 aromatic rings. The van der Waals surface area contributed by atoms with Gasteiger partial charge in [0.1, 0.15) is 0 Å². The van der Waals surface area contributed by atoms with Gasteiger partial charge in [-0.25, -0.2) is 8.42 Å². The van der Waals surface area contributed by atoms with E-state index in [2.05, 4.69) is 5.32 Å². The van der Waals surface area contributed by atoms with Crippen molar-refractivity contribution in [3.05, 3.63) is 93.5 Å². The number of carbonyl (C=O) groups is 1. The van der Waals surface area contributed by atoms with Gasteiger partial charge in [0.2, 0.25) is 15.9 Å². The van der Waals surface area contributed by atoms with Crippen LogP contribution >= 0.6 is 11.6 Å². The van der Waals surface area contributed by atoms with Gasteiger partial charge >= 0.3 is 6.18 Å². The molecule has 192 valence electrons. The Labute approximate surface area is 213 Å². The highest BCUT2D eigenvalue weighted by Crippen LogP contribution is 2.36. The molecule has 0 spiro atoms. The number of rotatable bonds is 8. The van der Waals surface area contributed by atoms with Crippen molar-refractivity contribution in [1.29, 1.82) is 0 Å². The highest BCUT2D eigenvalue weighted by atomic mass is 35.5. The Hall–Kier alpha value is -2.88. The first-order valence-corrected chi connectivity index (χ1v) is 12.9. The largest absolute Gasteiger partial charge is 0.417 e. The summed E-state index contributed by atoms with van der Waals surface area (Å²) in [4.78, 5) is 13.0. The van der Waals surface area contributed by atoms with Crippen molar-refractivity contribution in [2.45, 2.75) is 38.3 Å². The van der Waals surface area contributed by atoms with Crippen LogP contribution in [-0.2, 0) is 27.4 Å². The minimum Gasteiger partial charge on any atom is -0.325 e. The number of alkyl halides is 3. The molecule has 0 atom stereocenters. The number of anilines is 1. The summed E-state index contributed by atoms with van der Waals surface area (Å²) in [5.74, 6) is -0.774. The van der Waals surface area contributed by atoms with E-state index in [1.54, 1.807) is 26.0 Å². The van der Waals surface area contributed by atoms with Crippen molar-refractivity contribution in [2.24, 2.45) is 0 Å². The molecule has 0 heterocycles. The number of amides is 1. The standard InChI is InChI=1S/C26H26ClF3N2O3S/c1-17-13-18(2)25(19(3)14-17)36(34,35)32(12-11-20-7-5-4-6-8-20)16-24(33)31-21-9-10-23(27)22(15-21)26(28,29)30/h4-10,13-15H,11-12,16H2,1-3H3,(H,31,33). The molecule has 0 aliphatic heterocycles. The summed E-state index contributed by atoms with van der Waals surface area (Å²) in [6.07, 6.45) is -4.36. The van der Waals surface area contributed by atoms with Gasteiger partial charge in [0.25, 0.3) is 0 Å². The lowest BCUT2D eigenvalue weighted by Gasteiger charge is -2.24. The van der Waals surface area contributed by atoms with Gasteiger partial charge in [0.15, 0.2) is 0 Å². The average Bonchev–Trinajstić information content (AvgIpc) is 2.76. The van der Waals surface area contributed by atoms with E-state index in [1.807, 2.05) is 37.3 Å². The van der Waals surface area contributed by atoms with Gasteiger partial charge in [0.05, 0.1) is 22.0 Å². The minimum absolute atomic E-state index is 0.000935. The fraction of sp³-hybridized carbons (Fsp3) is 0.269. The summed E-state index contributed by atoms with van der Waals surface area (Å²) in [5, 5.41) is 1.87. The molecule has 0 saturated heterocycles. The predicted octanol–water partition coefficient (Wildman–Crippen LogP) is 6.16. The maximum absolute atomic E-state index is 13.7. The molecule has 0 aliphatic rings. The summed E-state index contributed by atoms with van der Waals surface area (Å²) in [6.45, 7) is 4.66. The molecule has 3 rings (SSSR count). The van der Waals surface area contributed by atoms with Crippen molar-refractivity contribution in [3.63, 3.8) is 0 Å². The molecular weight excluding hydrogens is 513 g/mol. The Morgan fingerprint density at radius 2 is 1.58 bits per heavy atom. The number of halogens is 4. The summed E-state index contributed by atoms with van der Waals surface area (Å²) >= 11 is 5.65. The molecule has 1 N–H and O–H groups in total. The second-order valence-electron chi connectivity index (χ2n) is 8.54. The van der Waals surface area contributed by atoms with E-state index >= 15 is 0 Å². The van der Waals surface area contributed by atoms with Gasteiger partial charge in [-0.3, -0.25) is 4.79 Å². The maximum atomic E-state index is 13.7. The number of nitrogens with zero attached hydrogens (tertiary/aromatic N) is 1. The lowest BCUT2D eigenvalue weighted by atomic mass is 10.1. The minimum atomic E-state index is -4.70. The molecule has 10 heteroatoms. The number of sulfonamides is 1. The normalized spacial score (nSPS) is 12.1. The summed E-state index contributed by atoms with van der Waals surface area (Å²) in [7, 11) is -4.10. The highest BCUT2D eigenvalue weighted by Gasteiger charge is 2.34. The van der Waals surface area contributed by atoms with Crippen molar-refractivity contribution in [3.8, 4) is 0 Å². The van der Waals surface area contributed by atoms with Gasteiger partial charge < -0.3 is 5.32 Å². The van der Waals surface area contributed by atoms with Gasteiger partial charge in [-0.15, -0.1) is 0 Å². The zero-order valence-corrected chi connectivity index (χ0v) is 21.6. The molecule has 0 radical (unpaired) electrons. The third-order valence-electron chi connectivity index (χ3n) is 5.57. The zero-order valence-electron chi connectivity index (χ0n) is 20.0. The lowest BCUT2D eigenvalue weighted by Crippen LogP contribution is -2.40. The van der Waals surface area contributed by atoms with Crippen LogP contribution in [0.2, 0.25) is 5.02 Å². The topological polar surface area (TPSA) is 66.5 Å². The first-order chi connectivity index (χ1) is 16.8. The van der Waals surface area contributed by atoms with Crippen LogP contribution in [0.3, 0.4) is 0 Å². The summed E-state index contributed by atoms with van der Waals surface area (Å²) in [6, 6.07) is 15.7. The van der Waals surface area contributed by atoms with E-state index in [0.29, 0.717) is 17.5 Å². The molecule has 1 amide bonds. The molecule has 5 nitrogen and oxygen atoms in total. The number of hydrogen-bond donors (Lipinski definition) is 1.